The first-order valence-corrected chi connectivity index (χ1v) is 6.11. The van der Waals surface area contributed by atoms with Crippen LogP contribution in [0, 0.1) is 5.92 Å². The van der Waals surface area contributed by atoms with Gasteiger partial charge < -0.3 is 9.47 Å². The molecule has 1 aromatic rings. The molecule has 100 valence electrons. The third kappa shape index (κ3) is 3.40. The molecule has 3 heteroatoms. The van der Waals surface area contributed by atoms with Crippen LogP contribution in [-0.4, -0.2) is 26.6 Å². The van der Waals surface area contributed by atoms with Crippen molar-refractivity contribution in [1.82, 2.24) is 0 Å². The second-order valence-electron chi connectivity index (χ2n) is 5.01. The van der Waals surface area contributed by atoms with Crippen molar-refractivity contribution in [3.05, 3.63) is 35.4 Å². The first kappa shape index (κ1) is 14.9. The molecule has 1 unspecified atom stereocenters. The number of ether oxygens (including phenoxy) is 2. The maximum atomic E-state index is 12.1. The fraction of sp³-hybridized carbons (Fsp3) is 0.533. The Morgan fingerprint density at radius 1 is 1.22 bits per heavy atom. The molecular formula is C15H22O3. The molecule has 0 aliphatic rings. The number of benzene rings is 1. The van der Waals surface area contributed by atoms with Crippen LogP contribution < -0.4 is 0 Å². The molecule has 0 aromatic heterocycles. The van der Waals surface area contributed by atoms with Crippen molar-refractivity contribution in [2.75, 3.05) is 20.8 Å². The van der Waals surface area contributed by atoms with E-state index >= 15 is 0 Å². The van der Waals surface area contributed by atoms with E-state index in [1.165, 1.54) is 0 Å². The third-order valence-electron chi connectivity index (χ3n) is 3.24. The van der Waals surface area contributed by atoms with Crippen molar-refractivity contribution >= 4 is 5.78 Å². The quantitative estimate of drug-likeness (QED) is 0.728. The smallest absolute Gasteiger partial charge is 0.167 e. The normalized spacial score (nSPS) is 13.4. The minimum absolute atomic E-state index is 0.110. The van der Waals surface area contributed by atoms with E-state index in [2.05, 4.69) is 0 Å². The predicted octanol–water partition coefficient (Wildman–Crippen LogP) is 3.03. The van der Waals surface area contributed by atoms with Crippen LogP contribution in [0.4, 0.5) is 0 Å². The molecule has 0 bridgehead atoms. The SMILES string of the molecule is COCC(C)C(=O)c1ccc(C(C)(C)OC)cc1. The van der Waals surface area contributed by atoms with Gasteiger partial charge in [0.25, 0.3) is 0 Å². The Morgan fingerprint density at radius 3 is 2.22 bits per heavy atom. The van der Waals surface area contributed by atoms with E-state index in [0.29, 0.717) is 6.61 Å². The largest absolute Gasteiger partial charge is 0.384 e. The standard InChI is InChI=1S/C15H22O3/c1-11(10-17-4)14(16)12-6-8-13(9-7-12)15(2,3)18-5/h6-9,11H,10H2,1-5H3. The Bertz CT molecular complexity index is 393. The fourth-order valence-corrected chi connectivity index (χ4v) is 1.76. The van der Waals surface area contributed by atoms with E-state index in [1.807, 2.05) is 45.0 Å². The maximum Gasteiger partial charge on any atom is 0.167 e. The lowest BCUT2D eigenvalue weighted by Crippen LogP contribution is -2.20. The molecule has 0 heterocycles. The van der Waals surface area contributed by atoms with Gasteiger partial charge in [0, 0.05) is 25.7 Å². The van der Waals surface area contributed by atoms with Crippen molar-refractivity contribution in [2.24, 2.45) is 5.92 Å². The van der Waals surface area contributed by atoms with Crippen molar-refractivity contribution in [3.63, 3.8) is 0 Å². The molecule has 0 saturated heterocycles. The molecule has 0 aliphatic heterocycles. The number of hydrogen-bond acceptors (Lipinski definition) is 3. The van der Waals surface area contributed by atoms with Crippen molar-refractivity contribution < 1.29 is 14.3 Å². The molecule has 3 nitrogen and oxygen atoms in total. The summed E-state index contributed by atoms with van der Waals surface area (Å²) in [6.45, 7) is 6.32. The van der Waals surface area contributed by atoms with E-state index in [4.69, 9.17) is 9.47 Å². The first-order chi connectivity index (χ1) is 8.42. The van der Waals surface area contributed by atoms with E-state index in [1.54, 1.807) is 14.2 Å². The van der Waals surface area contributed by atoms with E-state index in [9.17, 15) is 4.79 Å². The van der Waals surface area contributed by atoms with Crippen molar-refractivity contribution in [1.29, 1.82) is 0 Å². The summed E-state index contributed by atoms with van der Waals surface area (Å²) in [6, 6.07) is 7.59. The van der Waals surface area contributed by atoms with Gasteiger partial charge in [-0.2, -0.15) is 0 Å². The van der Waals surface area contributed by atoms with Crippen molar-refractivity contribution in [2.45, 2.75) is 26.4 Å². The van der Waals surface area contributed by atoms with Crippen LogP contribution in [0.1, 0.15) is 36.7 Å². The zero-order valence-corrected chi connectivity index (χ0v) is 11.8. The summed E-state index contributed by atoms with van der Waals surface area (Å²) in [7, 11) is 3.29. The average molecular weight is 250 g/mol. The monoisotopic (exact) mass is 250 g/mol. The fourth-order valence-electron chi connectivity index (χ4n) is 1.76. The molecule has 0 aliphatic carbocycles. The van der Waals surface area contributed by atoms with Crippen LogP contribution in [0.25, 0.3) is 0 Å². The number of hydrogen-bond donors (Lipinski definition) is 0. The van der Waals surface area contributed by atoms with Gasteiger partial charge in [0.15, 0.2) is 5.78 Å². The third-order valence-corrected chi connectivity index (χ3v) is 3.24. The van der Waals surface area contributed by atoms with Gasteiger partial charge >= 0.3 is 0 Å². The average Bonchev–Trinajstić information content (AvgIpc) is 2.38. The summed E-state index contributed by atoms with van der Waals surface area (Å²) in [4.78, 5) is 12.1. The first-order valence-electron chi connectivity index (χ1n) is 6.11. The second kappa shape index (κ2) is 6.12. The molecule has 0 spiro atoms. The van der Waals surface area contributed by atoms with Gasteiger partial charge in [0.1, 0.15) is 0 Å². The Morgan fingerprint density at radius 2 is 1.78 bits per heavy atom. The molecule has 1 atom stereocenters. The Balaban J connectivity index is 2.86. The highest BCUT2D eigenvalue weighted by Crippen LogP contribution is 2.24. The summed E-state index contributed by atoms with van der Waals surface area (Å²) in [6.07, 6.45) is 0. The minimum Gasteiger partial charge on any atom is -0.384 e. The van der Waals surface area contributed by atoms with Gasteiger partial charge in [-0.15, -0.1) is 0 Å². The number of rotatable bonds is 6. The lowest BCUT2D eigenvalue weighted by Gasteiger charge is -2.23. The highest BCUT2D eigenvalue weighted by Gasteiger charge is 2.20. The van der Waals surface area contributed by atoms with E-state index < -0.39 is 0 Å². The maximum absolute atomic E-state index is 12.1. The van der Waals surface area contributed by atoms with Crippen LogP contribution in [0.3, 0.4) is 0 Å². The van der Waals surface area contributed by atoms with Gasteiger partial charge in [-0.3, -0.25) is 4.79 Å². The van der Waals surface area contributed by atoms with Crippen LogP contribution in [0.2, 0.25) is 0 Å². The molecule has 0 N–H and O–H groups in total. The highest BCUT2D eigenvalue weighted by molar-refractivity contribution is 5.97. The zero-order chi connectivity index (χ0) is 13.8. The Kier molecular flexibility index (Phi) is 5.05. The number of Topliss-reactive ketones (excluding diaryl/α,β-unsaturated/α-hetero) is 1. The van der Waals surface area contributed by atoms with Gasteiger partial charge in [0.2, 0.25) is 0 Å². The predicted molar refractivity (Wildman–Crippen MR) is 71.8 cm³/mol. The van der Waals surface area contributed by atoms with Crippen molar-refractivity contribution in [3.8, 4) is 0 Å². The van der Waals surface area contributed by atoms with Crippen LogP contribution >= 0.6 is 0 Å². The molecular weight excluding hydrogens is 228 g/mol. The zero-order valence-electron chi connectivity index (χ0n) is 11.8. The highest BCUT2D eigenvalue weighted by atomic mass is 16.5. The summed E-state index contributed by atoms with van der Waals surface area (Å²) >= 11 is 0. The van der Waals surface area contributed by atoms with Gasteiger partial charge in [0.05, 0.1) is 12.2 Å². The molecule has 1 aromatic carbocycles. The molecule has 0 radical (unpaired) electrons. The van der Waals surface area contributed by atoms with Crippen LogP contribution in [0.5, 0.6) is 0 Å². The van der Waals surface area contributed by atoms with Crippen LogP contribution in [0.15, 0.2) is 24.3 Å². The topological polar surface area (TPSA) is 35.5 Å². The van der Waals surface area contributed by atoms with E-state index in [-0.39, 0.29) is 17.3 Å². The second-order valence-corrected chi connectivity index (χ2v) is 5.01. The molecule has 0 amide bonds. The van der Waals surface area contributed by atoms with Gasteiger partial charge in [-0.25, -0.2) is 0 Å². The Labute approximate surface area is 109 Å². The van der Waals surface area contributed by atoms with Crippen LogP contribution in [-0.2, 0) is 15.1 Å². The Hall–Kier alpha value is -1.19. The number of carbonyl (C=O) groups excluding carboxylic acids is 1. The molecule has 0 fully saturated rings. The number of methoxy groups -OCH3 is 2. The summed E-state index contributed by atoms with van der Waals surface area (Å²) in [5.74, 6) is -0.00471. The minimum atomic E-state index is -0.334. The lowest BCUT2D eigenvalue weighted by atomic mass is 9.94. The molecule has 1 rings (SSSR count). The van der Waals surface area contributed by atoms with Gasteiger partial charge in [-0.1, -0.05) is 31.2 Å². The number of carbonyl (C=O) groups is 1. The molecule has 0 saturated carbocycles. The summed E-state index contributed by atoms with van der Waals surface area (Å²) in [5, 5.41) is 0. The summed E-state index contributed by atoms with van der Waals surface area (Å²) in [5.41, 5.74) is 1.44. The summed E-state index contributed by atoms with van der Waals surface area (Å²) < 4.78 is 10.4. The van der Waals surface area contributed by atoms with Gasteiger partial charge in [-0.05, 0) is 19.4 Å². The van der Waals surface area contributed by atoms with E-state index in [0.717, 1.165) is 11.1 Å². The number of ketones is 1. The molecule has 18 heavy (non-hydrogen) atoms. The lowest BCUT2D eigenvalue weighted by molar-refractivity contribution is 0.0192.